The van der Waals surface area contributed by atoms with E-state index >= 15 is 0 Å². The van der Waals surface area contributed by atoms with Gasteiger partial charge < -0.3 is 20.6 Å². The number of hydrogen-bond donors (Lipinski definition) is 2. The highest BCUT2D eigenvalue weighted by molar-refractivity contribution is 14.0. The number of nitrogens with two attached hydrogens (primary N) is 1. The molecule has 2 aromatic carbocycles. The standard InChI is InChI=1S/C19H22ClFN4O.HI/c20-16-2-4-17(5-3-16)24-7-9-25(10-8-24)19(22)23-12-14-1-6-18(21)15(11-14)13-26;/h1-6,11,26H,7-10,12-13H2,(H2,22,23);1H. The van der Waals surface area contributed by atoms with Gasteiger partial charge in [0.1, 0.15) is 5.82 Å². The van der Waals surface area contributed by atoms with E-state index in [1.807, 2.05) is 29.2 Å². The van der Waals surface area contributed by atoms with Crippen LogP contribution in [0.15, 0.2) is 47.5 Å². The SMILES string of the molecule is I.NC(=NCc1ccc(F)c(CO)c1)N1CCN(c2ccc(Cl)cc2)CC1. The van der Waals surface area contributed by atoms with Crippen molar-refractivity contribution in [3.63, 3.8) is 0 Å². The van der Waals surface area contributed by atoms with Crippen LogP contribution in [0, 0.1) is 5.82 Å². The number of aliphatic imine (C=N–C) groups is 1. The quantitative estimate of drug-likeness (QED) is 0.381. The molecule has 0 unspecified atom stereocenters. The summed E-state index contributed by atoms with van der Waals surface area (Å²) in [4.78, 5) is 8.74. The first-order valence-corrected chi connectivity index (χ1v) is 8.88. The Bertz CT molecular complexity index is 780. The number of rotatable bonds is 4. The Labute approximate surface area is 180 Å². The summed E-state index contributed by atoms with van der Waals surface area (Å²) in [5.41, 5.74) is 8.35. The van der Waals surface area contributed by atoms with E-state index in [1.54, 1.807) is 12.1 Å². The van der Waals surface area contributed by atoms with Gasteiger partial charge in [-0.1, -0.05) is 17.7 Å². The first kappa shape index (κ1) is 21.7. The molecular formula is C19H23ClFIN4O. The van der Waals surface area contributed by atoms with Crippen molar-refractivity contribution in [1.82, 2.24) is 4.90 Å². The van der Waals surface area contributed by atoms with Gasteiger partial charge in [0.2, 0.25) is 0 Å². The predicted octanol–water partition coefficient (Wildman–Crippen LogP) is 3.23. The fourth-order valence-corrected chi connectivity index (χ4v) is 3.09. The van der Waals surface area contributed by atoms with Gasteiger partial charge >= 0.3 is 0 Å². The van der Waals surface area contributed by atoms with Crippen LogP contribution in [0.4, 0.5) is 10.1 Å². The largest absolute Gasteiger partial charge is 0.392 e. The lowest BCUT2D eigenvalue weighted by molar-refractivity contribution is 0.275. The molecule has 1 aliphatic rings. The molecule has 0 bridgehead atoms. The van der Waals surface area contributed by atoms with Crippen LogP contribution >= 0.6 is 35.6 Å². The van der Waals surface area contributed by atoms with Crippen LogP contribution in [0.5, 0.6) is 0 Å². The number of halogens is 3. The molecule has 1 heterocycles. The van der Waals surface area contributed by atoms with Gasteiger partial charge in [-0.25, -0.2) is 9.38 Å². The molecule has 8 heteroatoms. The lowest BCUT2D eigenvalue weighted by atomic mass is 10.1. The zero-order valence-electron chi connectivity index (χ0n) is 14.8. The van der Waals surface area contributed by atoms with E-state index in [1.165, 1.54) is 6.07 Å². The lowest BCUT2D eigenvalue weighted by Gasteiger charge is -2.36. The normalized spacial score (nSPS) is 14.9. The van der Waals surface area contributed by atoms with Crippen molar-refractivity contribution >= 4 is 47.2 Å². The molecule has 3 rings (SSSR count). The van der Waals surface area contributed by atoms with E-state index in [0.717, 1.165) is 42.5 Å². The highest BCUT2D eigenvalue weighted by Gasteiger charge is 2.18. The predicted molar refractivity (Wildman–Crippen MR) is 118 cm³/mol. The topological polar surface area (TPSA) is 65.1 Å². The van der Waals surface area contributed by atoms with Gasteiger partial charge in [-0.15, -0.1) is 24.0 Å². The second-order valence-corrected chi connectivity index (χ2v) is 6.65. The summed E-state index contributed by atoms with van der Waals surface area (Å²) in [5, 5.41) is 9.87. The molecule has 0 amide bonds. The van der Waals surface area contributed by atoms with E-state index in [2.05, 4.69) is 9.89 Å². The summed E-state index contributed by atoms with van der Waals surface area (Å²) in [6, 6.07) is 12.4. The van der Waals surface area contributed by atoms with Crippen LogP contribution in [-0.4, -0.2) is 42.1 Å². The van der Waals surface area contributed by atoms with E-state index in [9.17, 15) is 4.39 Å². The van der Waals surface area contributed by atoms with Crippen molar-refractivity contribution in [2.24, 2.45) is 10.7 Å². The summed E-state index contributed by atoms with van der Waals surface area (Å²) in [7, 11) is 0. The molecule has 1 fully saturated rings. The third-order valence-electron chi connectivity index (χ3n) is 4.50. The Kier molecular flexibility index (Phi) is 8.12. The smallest absolute Gasteiger partial charge is 0.191 e. The molecule has 0 atom stereocenters. The second kappa shape index (κ2) is 10.1. The highest BCUT2D eigenvalue weighted by atomic mass is 127. The van der Waals surface area contributed by atoms with Gasteiger partial charge in [-0.2, -0.15) is 0 Å². The summed E-state index contributed by atoms with van der Waals surface area (Å²) in [6.45, 7) is 3.29. The van der Waals surface area contributed by atoms with Crippen molar-refractivity contribution in [1.29, 1.82) is 0 Å². The number of hydrogen-bond acceptors (Lipinski definition) is 3. The van der Waals surface area contributed by atoms with Crippen LogP contribution in [0.3, 0.4) is 0 Å². The Balaban J connectivity index is 0.00000261. The highest BCUT2D eigenvalue weighted by Crippen LogP contribution is 2.19. The molecule has 5 nitrogen and oxygen atoms in total. The monoisotopic (exact) mass is 504 g/mol. The van der Waals surface area contributed by atoms with Crippen LogP contribution < -0.4 is 10.6 Å². The lowest BCUT2D eigenvalue weighted by Crippen LogP contribution is -2.51. The molecule has 3 N–H and O–H groups in total. The number of nitrogens with zero attached hydrogens (tertiary/aromatic N) is 3. The Morgan fingerprint density at radius 3 is 2.41 bits per heavy atom. The molecule has 0 aliphatic carbocycles. The summed E-state index contributed by atoms with van der Waals surface area (Å²) in [6.07, 6.45) is 0. The Morgan fingerprint density at radius 1 is 1.11 bits per heavy atom. The molecule has 0 radical (unpaired) electrons. The van der Waals surface area contributed by atoms with E-state index in [-0.39, 0.29) is 36.1 Å². The number of aliphatic hydroxyl groups excluding tert-OH is 1. The maximum absolute atomic E-state index is 13.4. The van der Waals surface area contributed by atoms with E-state index < -0.39 is 5.82 Å². The summed E-state index contributed by atoms with van der Waals surface area (Å²) in [5.74, 6) is 0.0714. The van der Waals surface area contributed by atoms with E-state index in [0.29, 0.717) is 12.5 Å². The average Bonchev–Trinajstić information content (AvgIpc) is 2.68. The average molecular weight is 505 g/mol. The maximum atomic E-state index is 13.4. The number of anilines is 1. The Morgan fingerprint density at radius 2 is 1.78 bits per heavy atom. The number of piperazine rings is 1. The third kappa shape index (κ3) is 5.70. The van der Waals surface area contributed by atoms with E-state index in [4.69, 9.17) is 22.4 Å². The van der Waals surface area contributed by atoms with Gasteiger partial charge in [0, 0.05) is 42.5 Å². The van der Waals surface area contributed by atoms with Crippen molar-refractivity contribution in [3.8, 4) is 0 Å². The zero-order chi connectivity index (χ0) is 18.5. The summed E-state index contributed by atoms with van der Waals surface area (Å²) >= 11 is 5.93. The van der Waals surface area contributed by atoms with Crippen molar-refractivity contribution < 1.29 is 9.50 Å². The van der Waals surface area contributed by atoms with Gasteiger partial charge in [0.15, 0.2) is 5.96 Å². The fourth-order valence-electron chi connectivity index (χ4n) is 2.97. The maximum Gasteiger partial charge on any atom is 0.191 e. The molecular weight excluding hydrogens is 482 g/mol. The molecule has 1 aliphatic heterocycles. The first-order valence-electron chi connectivity index (χ1n) is 8.50. The molecule has 0 spiro atoms. The van der Waals surface area contributed by atoms with Gasteiger partial charge in [0.25, 0.3) is 0 Å². The van der Waals surface area contributed by atoms with Crippen LogP contribution in [0.1, 0.15) is 11.1 Å². The molecule has 0 saturated carbocycles. The number of guanidine groups is 1. The minimum atomic E-state index is -0.411. The molecule has 146 valence electrons. The molecule has 1 saturated heterocycles. The number of aliphatic hydroxyl groups is 1. The van der Waals surface area contributed by atoms with Crippen molar-refractivity contribution in [3.05, 3.63) is 64.4 Å². The minimum Gasteiger partial charge on any atom is -0.392 e. The Hall–Kier alpha value is -1.58. The number of benzene rings is 2. The van der Waals surface area contributed by atoms with Gasteiger partial charge in [-0.3, -0.25) is 0 Å². The van der Waals surface area contributed by atoms with Crippen LogP contribution in [-0.2, 0) is 13.2 Å². The first-order chi connectivity index (χ1) is 12.6. The molecule has 0 aromatic heterocycles. The summed E-state index contributed by atoms with van der Waals surface area (Å²) < 4.78 is 13.4. The van der Waals surface area contributed by atoms with Crippen molar-refractivity contribution in [2.45, 2.75) is 13.2 Å². The van der Waals surface area contributed by atoms with Gasteiger partial charge in [-0.05, 0) is 42.0 Å². The van der Waals surface area contributed by atoms with Crippen molar-refractivity contribution in [2.75, 3.05) is 31.1 Å². The second-order valence-electron chi connectivity index (χ2n) is 6.21. The third-order valence-corrected chi connectivity index (χ3v) is 4.75. The zero-order valence-corrected chi connectivity index (χ0v) is 17.9. The van der Waals surface area contributed by atoms with Crippen LogP contribution in [0.25, 0.3) is 0 Å². The molecule has 27 heavy (non-hydrogen) atoms. The van der Waals surface area contributed by atoms with Crippen LogP contribution in [0.2, 0.25) is 5.02 Å². The van der Waals surface area contributed by atoms with Gasteiger partial charge in [0.05, 0.1) is 13.2 Å². The molecule has 2 aromatic rings. The fraction of sp³-hybridized carbons (Fsp3) is 0.316. The minimum absolute atomic E-state index is 0.